The third kappa shape index (κ3) is 7.29. The Kier molecular flexibility index (Phi) is 12.6. The van der Waals surface area contributed by atoms with Crippen molar-refractivity contribution in [2.75, 3.05) is 41.3 Å². The third-order valence-electron chi connectivity index (χ3n) is 5.86. The molecule has 0 spiro atoms. The highest BCUT2D eigenvalue weighted by molar-refractivity contribution is 6.33. The molecule has 3 aromatic rings. The lowest BCUT2D eigenvalue weighted by molar-refractivity contribution is -0.116. The number of carbonyl (C=O) groups excluding carboxylic acids is 1. The van der Waals surface area contributed by atoms with E-state index < -0.39 is 5.97 Å². The van der Waals surface area contributed by atoms with E-state index in [9.17, 15) is 14.7 Å². The Hall–Kier alpha value is -2.45. The van der Waals surface area contributed by atoms with Gasteiger partial charge in [-0.2, -0.15) is 0 Å². The molecule has 2 aromatic carbocycles. The van der Waals surface area contributed by atoms with Crippen molar-refractivity contribution in [3.63, 3.8) is 0 Å². The molecule has 11 heteroatoms. The fourth-order valence-electron chi connectivity index (χ4n) is 4.07. The number of carboxylic acid groups (broad SMARTS) is 1. The van der Waals surface area contributed by atoms with Crippen molar-refractivity contribution in [2.24, 2.45) is 0 Å². The molecule has 0 radical (unpaired) electrons. The van der Waals surface area contributed by atoms with Crippen LogP contribution in [0.2, 0.25) is 5.02 Å². The Morgan fingerprint density at radius 1 is 1.00 bits per heavy atom. The quantitative estimate of drug-likeness (QED) is 0.343. The van der Waals surface area contributed by atoms with Crippen LogP contribution >= 0.6 is 48.8 Å². The van der Waals surface area contributed by atoms with Gasteiger partial charge in [0.2, 0.25) is 5.91 Å². The van der Waals surface area contributed by atoms with Gasteiger partial charge in [0.1, 0.15) is 5.82 Å². The number of pyridine rings is 1. The van der Waals surface area contributed by atoms with Crippen LogP contribution < -0.4 is 15.1 Å². The number of fused-ring (bicyclic) bond motifs is 1. The van der Waals surface area contributed by atoms with E-state index in [2.05, 4.69) is 15.1 Å². The van der Waals surface area contributed by atoms with Gasteiger partial charge >= 0.3 is 5.97 Å². The van der Waals surface area contributed by atoms with Crippen molar-refractivity contribution in [1.82, 2.24) is 4.98 Å². The number of anilines is 3. The second kappa shape index (κ2) is 14.3. The van der Waals surface area contributed by atoms with Crippen LogP contribution in [0, 0.1) is 0 Å². The van der Waals surface area contributed by atoms with Crippen LogP contribution in [0.15, 0.2) is 48.5 Å². The van der Waals surface area contributed by atoms with Crippen LogP contribution in [-0.4, -0.2) is 48.1 Å². The predicted octanol–water partition coefficient (Wildman–Crippen LogP) is 6.31. The summed E-state index contributed by atoms with van der Waals surface area (Å²) >= 11 is 6.34. The van der Waals surface area contributed by atoms with E-state index in [1.807, 2.05) is 31.2 Å². The molecule has 1 fully saturated rings. The first-order chi connectivity index (χ1) is 16.0. The van der Waals surface area contributed by atoms with Crippen molar-refractivity contribution in [3.8, 4) is 0 Å². The first-order valence-electron chi connectivity index (χ1n) is 11.2. The van der Waals surface area contributed by atoms with Gasteiger partial charge in [-0.05, 0) is 42.8 Å². The average molecular weight is 576 g/mol. The van der Waals surface area contributed by atoms with Gasteiger partial charge in [-0.25, -0.2) is 9.78 Å². The zero-order valence-corrected chi connectivity index (χ0v) is 23.0. The maximum atomic E-state index is 12.1. The number of aromatic carboxylic acids is 1. The number of piperazine rings is 1. The molecular weight excluding hydrogens is 546 g/mol. The van der Waals surface area contributed by atoms with Crippen molar-refractivity contribution >= 4 is 88.8 Å². The normalized spacial score (nSPS) is 12.7. The van der Waals surface area contributed by atoms with Gasteiger partial charge in [0.05, 0.1) is 21.8 Å². The Morgan fingerprint density at radius 3 is 2.31 bits per heavy atom. The summed E-state index contributed by atoms with van der Waals surface area (Å²) in [6, 6.07) is 14.6. The standard InChI is InChI=1S/C25H27ClN4O3.3ClH/c1-2-3-8-24(31)27-17-9-10-21-18(15-17)19(25(32)33)16-23(28-21)30-13-11-29(12-14-30)22-7-5-4-6-20(22)26;;;/h4-7,9-10,15-16H,2-3,8,11-14H2,1H3,(H,27,31)(H,32,33);3*1H. The molecule has 1 aliphatic heterocycles. The molecule has 7 nitrogen and oxygen atoms in total. The number of amides is 1. The number of para-hydroxylation sites is 1. The van der Waals surface area contributed by atoms with Crippen LogP contribution in [0.25, 0.3) is 10.9 Å². The molecular formula is C25H30Cl4N4O3. The average Bonchev–Trinajstić information content (AvgIpc) is 2.82. The third-order valence-corrected chi connectivity index (χ3v) is 6.18. The number of benzene rings is 2. The summed E-state index contributed by atoms with van der Waals surface area (Å²) in [5.74, 6) is -0.458. The molecule has 196 valence electrons. The van der Waals surface area contributed by atoms with Crippen molar-refractivity contribution in [2.45, 2.75) is 26.2 Å². The summed E-state index contributed by atoms with van der Waals surface area (Å²) < 4.78 is 0. The van der Waals surface area contributed by atoms with Crippen LogP contribution in [0.1, 0.15) is 36.5 Å². The number of rotatable bonds is 7. The number of unbranched alkanes of at least 4 members (excludes halogenated alkanes) is 1. The Morgan fingerprint density at radius 2 is 1.67 bits per heavy atom. The van der Waals surface area contributed by atoms with Crippen LogP contribution in [0.3, 0.4) is 0 Å². The topological polar surface area (TPSA) is 85.8 Å². The molecule has 0 saturated carbocycles. The number of nitrogens with zero attached hydrogens (tertiary/aromatic N) is 3. The zero-order valence-electron chi connectivity index (χ0n) is 19.8. The highest BCUT2D eigenvalue weighted by Crippen LogP contribution is 2.29. The monoisotopic (exact) mass is 574 g/mol. The fourth-order valence-corrected chi connectivity index (χ4v) is 4.33. The fraction of sp³-hybridized carbons (Fsp3) is 0.320. The van der Waals surface area contributed by atoms with Crippen LogP contribution in [0.5, 0.6) is 0 Å². The molecule has 0 aliphatic carbocycles. The van der Waals surface area contributed by atoms with E-state index in [1.165, 1.54) is 0 Å². The molecule has 4 rings (SSSR count). The van der Waals surface area contributed by atoms with E-state index in [0.29, 0.717) is 41.9 Å². The summed E-state index contributed by atoms with van der Waals surface area (Å²) in [4.78, 5) is 33.2. The molecule has 36 heavy (non-hydrogen) atoms. The maximum Gasteiger partial charge on any atom is 0.336 e. The number of hydrogen-bond acceptors (Lipinski definition) is 5. The Labute approximate surface area is 234 Å². The highest BCUT2D eigenvalue weighted by atomic mass is 35.5. The lowest BCUT2D eigenvalue weighted by atomic mass is 10.1. The molecule has 1 aliphatic rings. The van der Waals surface area contributed by atoms with Crippen LogP contribution in [0.4, 0.5) is 17.2 Å². The molecule has 0 unspecified atom stereocenters. The number of aromatic nitrogens is 1. The summed E-state index contributed by atoms with van der Waals surface area (Å²) in [6.07, 6.45) is 2.19. The first-order valence-corrected chi connectivity index (χ1v) is 11.6. The minimum atomic E-state index is -1.02. The minimum Gasteiger partial charge on any atom is -0.478 e. The summed E-state index contributed by atoms with van der Waals surface area (Å²) in [5, 5.41) is 13.9. The largest absolute Gasteiger partial charge is 0.478 e. The number of carbonyl (C=O) groups is 2. The number of nitrogens with one attached hydrogen (secondary N) is 1. The zero-order chi connectivity index (χ0) is 23.4. The minimum absolute atomic E-state index is 0. The highest BCUT2D eigenvalue weighted by Gasteiger charge is 2.22. The summed E-state index contributed by atoms with van der Waals surface area (Å²) in [7, 11) is 0. The van der Waals surface area contributed by atoms with Gasteiger partial charge in [0.25, 0.3) is 0 Å². The van der Waals surface area contributed by atoms with Gasteiger partial charge < -0.3 is 20.2 Å². The van der Waals surface area contributed by atoms with Gasteiger partial charge in [0, 0.05) is 43.7 Å². The van der Waals surface area contributed by atoms with E-state index in [1.54, 1.807) is 24.3 Å². The first kappa shape index (κ1) is 31.6. The molecule has 2 heterocycles. The van der Waals surface area contributed by atoms with Crippen molar-refractivity contribution in [3.05, 3.63) is 59.1 Å². The van der Waals surface area contributed by atoms with E-state index >= 15 is 0 Å². The van der Waals surface area contributed by atoms with Crippen molar-refractivity contribution in [1.29, 1.82) is 0 Å². The molecule has 2 N–H and O–H groups in total. The van der Waals surface area contributed by atoms with Crippen LogP contribution in [-0.2, 0) is 4.79 Å². The van der Waals surface area contributed by atoms with Crippen molar-refractivity contribution < 1.29 is 14.7 Å². The number of halogens is 4. The lowest BCUT2D eigenvalue weighted by Crippen LogP contribution is -2.47. The van der Waals surface area contributed by atoms with Gasteiger partial charge in [-0.3, -0.25) is 4.79 Å². The molecule has 1 amide bonds. The molecule has 1 saturated heterocycles. The van der Waals surface area contributed by atoms with Gasteiger partial charge in [-0.1, -0.05) is 37.1 Å². The van der Waals surface area contributed by atoms with E-state index in [-0.39, 0.29) is 48.7 Å². The number of hydrogen-bond donors (Lipinski definition) is 2. The number of carboxylic acids is 1. The smallest absolute Gasteiger partial charge is 0.336 e. The predicted molar refractivity (Wildman–Crippen MR) is 154 cm³/mol. The molecule has 0 atom stereocenters. The van der Waals surface area contributed by atoms with Gasteiger partial charge in [-0.15, -0.1) is 37.2 Å². The second-order valence-electron chi connectivity index (χ2n) is 8.14. The SMILES string of the molecule is CCCCC(=O)Nc1ccc2nc(N3CCN(c4ccccc4Cl)CC3)cc(C(=O)O)c2c1.Cl.Cl.Cl. The summed E-state index contributed by atoms with van der Waals surface area (Å²) in [5.41, 5.74) is 2.34. The molecule has 1 aromatic heterocycles. The molecule has 0 bridgehead atoms. The lowest BCUT2D eigenvalue weighted by Gasteiger charge is -2.37. The van der Waals surface area contributed by atoms with Gasteiger partial charge in [0.15, 0.2) is 0 Å². The second-order valence-corrected chi connectivity index (χ2v) is 8.55. The Balaban J connectivity index is 0.00000216. The van der Waals surface area contributed by atoms with E-state index in [4.69, 9.17) is 16.6 Å². The Bertz CT molecular complexity index is 1190. The van der Waals surface area contributed by atoms with E-state index in [0.717, 1.165) is 36.6 Å². The maximum absolute atomic E-state index is 12.1. The summed E-state index contributed by atoms with van der Waals surface area (Å²) in [6.45, 7) is 4.95.